The third-order valence-corrected chi connectivity index (χ3v) is 5.14. The van der Waals surface area contributed by atoms with Crippen LogP contribution in [0.4, 0.5) is 4.79 Å². The first-order chi connectivity index (χ1) is 13.6. The largest absolute Gasteiger partial charge is 0.339 e. The van der Waals surface area contributed by atoms with Crippen molar-refractivity contribution in [2.45, 2.75) is 38.3 Å². The first kappa shape index (κ1) is 18.1. The molecule has 2 aliphatic rings. The van der Waals surface area contributed by atoms with Crippen LogP contribution in [0.2, 0.25) is 0 Å². The Kier molecular flexibility index (Phi) is 5.05. The Bertz CT molecular complexity index is 878. The van der Waals surface area contributed by atoms with Crippen molar-refractivity contribution in [3.8, 4) is 0 Å². The monoisotopic (exact) mass is 382 g/mol. The number of nitrogens with one attached hydrogen (secondary N) is 2. The molecule has 28 heavy (non-hydrogen) atoms. The number of hydrogen-bond donors (Lipinski definition) is 2. The number of fused-ring (bicyclic) bond motifs is 1. The van der Waals surface area contributed by atoms with Gasteiger partial charge in [-0.1, -0.05) is 30.3 Å². The molecule has 1 aromatic carbocycles. The SMILES string of the molecule is O=C1C[C@H](C(=O)N2CCc3nnc(CCc4ccccc4)n3CC2)NC(=O)N1. The minimum absolute atomic E-state index is 0.0322. The zero-order valence-corrected chi connectivity index (χ0v) is 15.4. The standard InChI is InChI=1S/C19H22N6O3/c26-17-12-14(20-19(28)21-17)18(27)24-9-8-16-23-22-15(25(16)11-10-24)7-6-13-4-2-1-3-5-13/h1-5,14H,6-12H2,(H2,20,21,26,28)/t14-/m1/s1. The summed E-state index contributed by atoms with van der Waals surface area (Å²) in [5.41, 5.74) is 1.25. The van der Waals surface area contributed by atoms with Crippen molar-refractivity contribution in [2.75, 3.05) is 13.1 Å². The van der Waals surface area contributed by atoms with Gasteiger partial charge in [0.25, 0.3) is 0 Å². The molecule has 0 saturated carbocycles. The van der Waals surface area contributed by atoms with Gasteiger partial charge in [0.05, 0.1) is 6.42 Å². The van der Waals surface area contributed by atoms with Crippen molar-refractivity contribution in [1.82, 2.24) is 30.3 Å². The number of carbonyl (C=O) groups is 3. The summed E-state index contributed by atoms with van der Waals surface area (Å²) in [6.45, 7) is 1.59. The van der Waals surface area contributed by atoms with Gasteiger partial charge in [0.15, 0.2) is 0 Å². The van der Waals surface area contributed by atoms with Crippen LogP contribution in [0, 0.1) is 0 Å². The van der Waals surface area contributed by atoms with Gasteiger partial charge in [0, 0.05) is 32.5 Å². The fourth-order valence-corrected chi connectivity index (χ4v) is 3.67. The quantitative estimate of drug-likeness (QED) is 0.776. The van der Waals surface area contributed by atoms with E-state index in [0.717, 1.165) is 24.5 Å². The Morgan fingerprint density at radius 3 is 2.68 bits per heavy atom. The van der Waals surface area contributed by atoms with Gasteiger partial charge < -0.3 is 14.8 Å². The number of benzene rings is 1. The molecule has 9 nitrogen and oxygen atoms in total. The Hall–Kier alpha value is -3.23. The van der Waals surface area contributed by atoms with E-state index < -0.39 is 18.0 Å². The van der Waals surface area contributed by atoms with E-state index >= 15 is 0 Å². The molecule has 0 unspecified atom stereocenters. The van der Waals surface area contributed by atoms with Crippen molar-refractivity contribution in [1.29, 1.82) is 0 Å². The summed E-state index contributed by atoms with van der Waals surface area (Å²) in [4.78, 5) is 37.5. The second-order valence-corrected chi connectivity index (χ2v) is 7.02. The Morgan fingerprint density at radius 1 is 1.07 bits per heavy atom. The van der Waals surface area contributed by atoms with E-state index in [2.05, 4.69) is 37.5 Å². The molecular weight excluding hydrogens is 360 g/mol. The maximum atomic E-state index is 12.8. The smallest absolute Gasteiger partial charge is 0.322 e. The lowest BCUT2D eigenvalue weighted by Crippen LogP contribution is -2.58. The minimum Gasteiger partial charge on any atom is -0.339 e. The number of nitrogens with zero attached hydrogens (tertiary/aromatic N) is 4. The number of rotatable bonds is 4. The van der Waals surface area contributed by atoms with Crippen LogP contribution in [-0.2, 0) is 35.4 Å². The van der Waals surface area contributed by atoms with Gasteiger partial charge in [-0.25, -0.2) is 4.79 Å². The number of amides is 4. The molecule has 0 radical (unpaired) electrons. The maximum absolute atomic E-state index is 12.8. The van der Waals surface area contributed by atoms with Gasteiger partial charge >= 0.3 is 6.03 Å². The highest BCUT2D eigenvalue weighted by molar-refractivity contribution is 6.02. The van der Waals surface area contributed by atoms with E-state index in [1.54, 1.807) is 4.90 Å². The number of hydrogen-bond acceptors (Lipinski definition) is 5. The number of carbonyl (C=O) groups excluding carboxylic acids is 3. The normalized spacial score (nSPS) is 19.4. The second-order valence-electron chi connectivity index (χ2n) is 7.02. The zero-order chi connectivity index (χ0) is 19.5. The average molecular weight is 382 g/mol. The Labute approximate surface area is 162 Å². The van der Waals surface area contributed by atoms with Crippen LogP contribution < -0.4 is 10.6 Å². The lowest BCUT2D eigenvalue weighted by atomic mass is 10.1. The highest BCUT2D eigenvalue weighted by Crippen LogP contribution is 2.14. The van der Waals surface area contributed by atoms with Crippen molar-refractivity contribution >= 4 is 17.8 Å². The van der Waals surface area contributed by atoms with E-state index in [9.17, 15) is 14.4 Å². The molecule has 2 aromatic rings. The molecule has 1 aromatic heterocycles. The van der Waals surface area contributed by atoms with E-state index in [-0.39, 0.29) is 12.3 Å². The van der Waals surface area contributed by atoms with Crippen molar-refractivity contribution < 1.29 is 14.4 Å². The molecule has 0 bridgehead atoms. The molecule has 146 valence electrons. The van der Waals surface area contributed by atoms with Crippen molar-refractivity contribution in [3.63, 3.8) is 0 Å². The molecule has 1 atom stereocenters. The third-order valence-electron chi connectivity index (χ3n) is 5.14. The van der Waals surface area contributed by atoms with Gasteiger partial charge in [-0.3, -0.25) is 14.9 Å². The molecule has 0 spiro atoms. The number of aryl methyl sites for hydroxylation is 2. The summed E-state index contributed by atoms with van der Waals surface area (Å²) < 4.78 is 2.09. The molecular formula is C19H22N6O3. The average Bonchev–Trinajstić information content (AvgIpc) is 2.95. The van der Waals surface area contributed by atoms with Crippen LogP contribution in [0.1, 0.15) is 23.6 Å². The molecule has 2 N–H and O–H groups in total. The summed E-state index contributed by atoms with van der Waals surface area (Å²) in [7, 11) is 0. The second kappa shape index (κ2) is 7.79. The van der Waals surface area contributed by atoms with Gasteiger partial charge in [0.2, 0.25) is 11.8 Å². The van der Waals surface area contributed by atoms with Crippen LogP contribution in [0.5, 0.6) is 0 Å². The number of aromatic nitrogens is 3. The fourth-order valence-electron chi connectivity index (χ4n) is 3.67. The van der Waals surface area contributed by atoms with Crippen LogP contribution in [0.3, 0.4) is 0 Å². The lowest BCUT2D eigenvalue weighted by Gasteiger charge is -2.28. The predicted octanol–water partition coefficient (Wildman–Crippen LogP) is 0.0461. The van der Waals surface area contributed by atoms with Gasteiger partial charge in [-0.15, -0.1) is 10.2 Å². The molecule has 4 amide bonds. The zero-order valence-electron chi connectivity index (χ0n) is 15.4. The van der Waals surface area contributed by atoms with Gasteiger partial charge in [0.1, 0.15) is 17.7 Å². The number of urea groups is 1. The Balaban J connectivity index is 1.40. The minimum atomic E-state index is -0.803. The summed E-state index contributed by atoms with van der Waals surface area (Å²) in [5, 5.41) is 13.3. The summed E-state index contributed by atoms with van der Waals surface area (Å²) >= 11 is 0. The first-order valence-electron chi connectivity index (χ1n) is 9.44. The van der Waals surface area contributed by atoms with E-state index in [1.807, 2.05) is 18.2 Å². The van der Waals surface area contributed by atoms with E-state index in [4.69, 9.17) is 0 Å². The maximum Gasteiger partial charge on any atom is 0.322 e. The summed E-state index contributed by atoms with van der Waals surface area (Å²) in [6, 6.07) is 8.80. The van der Waals surface area contributed by atoms with Crippen LogP contribution >= 0.6 is 0 Å². The van der Waals surface area contributed by atoms with Gasteiger partial charge in [-0.05, 0) is 12.0 Å². The molecule has 4 rings (SSSR count). The predicted molar refractivity (Wildman–Crippen MR) is 99.2 cm³/mol. The fraction of sp³-hybridized carbons (Fsp3) is 0.421. The van der Waals surface area contributed by atoms with E-state index in [0.29, 0.717) is 26.1 Å². The highest BCUT2D eigenvalue weighted by atomic mass is 16.2. The van der Waals surface area contributed by atoms with Crippen LogP contribution in [-0.4, -0.2) is 56.6 Å². The molecule has 1 fully saturated rings. The van der Waals surface area contributed by atoms with Crippen LogP contribution in [0.15, 0.2) is 30.3 Å². The Morgan fingerprint density at radius 2 is 1.89 bits per heavy atom. The van der Waals surface area contributed by atoms with Crippen molar-refractivity contribution in [2.24, 2.45) is 0 Å². The van der Waals surface area contributed by atoms with E-state index in [1.165, 1.54) is 5.56 Å². The number of imide groups is 1. The topological polar surface area (TPSA) is 109 Å². The molecule has 1 saturated heterocycles. The van der Waals surface area contributed by atoms with Gasteiger partial charge in [-0.2, -0.15) is 0 Å². The first-order valence-corrected chi connectivity index (χ1v) is 9.44. The summed E-state index contributed by atoms with van der Waals surface area (Å²) in [6.07, 6.45) is 2.22. The third kappa shape index (κ3) is 3.88. The molecule has 3 heterocycles. The lowest BCUT2D eigenvalue weighted by molar-refractivity contribution is -0.136. The molecule has 0 aliphatic carbocycles. The van der Waals surface area contributed by atoms with Crippen molar-refractivity contribution in [3.05, 3.63) is 47.5 Å². The molecule has 9 heteroatoms. The van der Waals surface area contributed by atoms with Crippen LogP contribution in [0.25, 0.3) is 0 Å². The highest BCUT2D eigenvalue weighted by Gasteiger charge is 2.33. The molecule has 2 aliphatic heterocycles. The summed E-state index contributed by atoms with van der Waals surface area (Å²) in [5.74, 6) is 1.12.